The van der Waals surface area contributed by atoms with Crippen LogP contribution in [0.15, 0.2) is 18.2 Å². The predicted octanol–water partition coefficient (Wildman–Crippen LogP) is 3.19. The minimum Gasteiger partial charge on any atom is -0.478 e. The summed E-state index contributed by atoms with van der Waals surface area (Å²) in [7, 11) is 0. The number of carboxylic acids is 1. The van der Waals surface area contributed by atoms with Crippen LogP contribution in [0.1, 0.15) is 30.6 Å². The molecule has 0 saturated carbocycles. The van der Waals surface area contributed by atoms with E-state index in [2.05, 4.69) is 5.32 Å². The Morgan fingerprint density at radius 3 is 2.62 bits per heavy atom. The molecule has 0 aliphatic carbocycles. The van der Waals surface area contributed by atoms with Crippen LogP contribution in [0, 0.1) is 11.3 Å². The van der Waals surface area contributed by atoms with Crippen molar-refractivity contribution < 1.29 is 14.7 Å². The fourth-order valence-electron chi connectivity index (χ4n) is 1.73. The van der Waals surface area contributed by atoms with Crippen LogP contribution >= 0.6 is 11.6 Å². The molecule has 0 aliphatic heterocycles. The molecule has 7 heteroatoms. The lowest BCUT2D eigenvalue weighted by Gasteiger charge is -2.26. The number of benzene rings is 1. The third kappa shape index (κ3) is 4.65. The Balaban J connectivity index is 2.84. The molecule has 1 aromatic rings. The van der Waals surface area contributed by atoms with Crippen LogP contribution in [-0.4, -0.2) is 34.6 Å². The number of rotatable bonds is 5. The van der Waals surface area contributed by atoms with Crippen molar-refractivity contribution in [3.8, 4) is 6.07 Å². The van der Waals surface area contributed by atoms with Crippen molar-refractivity contribution in [1.82, 2.24) is 4.90 Å². The average Bonchev–Trinajstić information content (AvgIpc) is 2.38. The summed E-state index contributed by atoms with van der Waals surface area (Å²) in [6.07, 6.45) is 0.240. The number of carbonyl (C=O) groups is 2. The second-order valence-electron chi connectivity index (χ2n) is 4.63. The van der Waals surface area contributed by atoms with E-state index in [0.717, 1.165) is 0 Å². The number of aromatic carboxylic acids is 1. The van der Waals surface area contributed by atoms with Gasteiger partial charge in [0.1, 0.15) is 0 Å². The maximum Gasteiger partial charge on any atom is 0.337 e. The van der Waals surface area contributed by atoms with Gasteiger partial charge in [-0.15, -0.1) is 0 Å². The van der Waals surface area contributed by atoms with Gasteiger partial charge in [-0.2, -0.15) is 5.26 Å². The Morgan fingerprint density at radius 1 is 1.48 bits per heavy atom. The number of nitriles is 1. The summed E-state index contributed by atoms with van der Waals surface area (Å²) in [5.41, 5.74) is 0.373. The standard InChI is InChI=1S/C14H16ClN3O3/c1-9(2)18(7-3-6-16)14(21)17-10-4-5-11(13(19)20)12(15)8-10/h4-5,8-9H,3,7H2,1-2H3,(H,17,21)(H,19,20). The zero-order chi connectivity index (χ0) is 16.0. The molecular formula is C14H16ClN3O3. The number of halogens is 1. The van der Waals surface area contributed by atoms with Crippen molar-refractivity contribution >= 4 is 29.3 Å². The lowest BCUT2D eigenvalue weighted by atomic mass is 10.2. The normalized spacial score (nSPS) is 10.0. The molecule has 0 spiro atoms. The highest BCUT2D eigenvalue weighted by atomic mass is 35.5. The Kier molecular flexibility index (Phi) is 6.00. The summed E-state index contributed by atoms with van der Waals surface area (Å²) in [6.45, 7) is 4.01. The van der Waals surface area contributed by atoms with Gasteiger partial charge in [0.25, 0.3) is 0 Å². The molecule has 0 atom stereocenters. The quantitative estimate of drug-likeness (QED) is 0.873. The van der Waals surface area contributed by atoms with E-state index in [1.165, 1.54) is 23.1 Å². The van der Waals surface area contributed by atoms with Crippen LogP contribution in [0.4, 0.5) is 10.5 Å². The highest BCUT2D eigenvalue weighted by Gasteiger charge is 2.17. The smallest absolute Gasteiger partial charge is 0.337 e. The number of anilines is 1. The van der Waals surface area contributed by atoms with E-state index in [9.17, 15) is 9.59 Å². The molecule has 0 saturated heterocycles. The van der Waals surface area contributed by atoms with Crippen molar-refractivity contribution in [2.24, 2.45) is 0 Å². The monoisotopic (exact) mass is 309 g/mol. The third-order valence-corrected chi connectivity index (χ3v) is 3.11. The SMILES string of the molecule is CC(C)N(CCC#N)C(=O)Nc1ccc(C(=O)O)c(Cl)c1. The molecule has 0 radical (unpaired) electrons. The van der Waals surface area contributed by atoms with Crippen LogP contribution in [0.5, 0.6) is 0 Å². The molecule has 1 rings (SSSR count). The molecule has 0 bridgehead atoms. The first-order chi connectivity index (χ1) is 9.86. The molecule has 1 aromatic carbocycles. The summed E-state index contributed by atoms with van der Waals surface area (Å²) in [4.78, 5) is 24.5. The van der Waals surface area contributed by atoms with Crippen LogP contribution in [-0.2, 0) is 0 Å². The summed E-state index contributed by atoms with van der Waals surface area (Å²) >= 11 is 5.84. The molecule has 2 amide bonds. The Bertz CT molecular complexity index is 581. The lowest BCUT2D eigenvalue weighted by molar-refractivity contribution is 0.0697. The van der Waals surface area contributed by atoms with E-state index >= 15 is 0 Å². The third-order valence-electron chi connectivity index (χ3n) is 2.80. The highest BCUT2D eigenvalue weighted by Crippen LogP contribution is 2.21. The number of amides is 2. The zero-order valence-corrected chi connectivity index (χ0v) is 12.5. The van der Waals surface area contributed by atoms with Gasteiger partial charge in [-0.3, -0.25) is 0 Å². The molecule has 0 aromatic heterocycles. The van der Waals surface area contributed by atoms with Crippen LogP contribution in [0.3, 0.4) is 0 Å². The number of hydrogen-bond donors (Lipinski definition) is 2. The fourth-order valence-corrected chi connectivity index (χ4v) is 1.99. The number of urea groups is 1. The molecule has 112 valence electrons. The van der Waals surface area contributed by atoms with Crippen molar-refractivity contribution in [3.63, 3.8) is 0 Å². The predicted molar refractivity (Wildman–Crippen MR) is 79.5 cm³/mol. The van der Waals surface area contributed by atoms with E-state index < -0.39 is 5.97 Å². The Labute approximate surface area is 127 Å². The zero-order valence-electron chi connectivity index (χ0n) is 11.8. The first kappa shape index (κ1) is 16.8. The first-order valence-corrected chi connectivity index (χ1v) is 6.72. The summed E-state index contributed by atoms with van der Waals surface area (Å²) in [5, 5.41) is 20.2. The van der Waals surface area contributed by atoms with E-state index in [-0.39, 0.29) is 29.1 Å². The average molecular weight is 310 g/mol. The van der Waals surface area contributed by atoms with E-state index in [1.54, 1.807) is 0 Å². The van der Waals surface area contributed by atoms with Crippen LogP contribution in [0.25, 0.3) is 0 Å². The van der Waals surface area contributed by atoms with Gasteiger partial charge in [0, 0.05) is 18.3 Å². The largest absolute Gasteiger partial charge is 0.478 e. The number of nitrogens with one attached hydrogen (secondary N) is 1. The highest BCUT2D eigenvalue weighted by molar-refractivity contribution is 6.33. The van der Waals surface area contributed by atoms with E-state index in [4.69, 9.17) is 22.0 Å². The van der Waals surface area contributed by atoms with Gasteiger partial charge in [-0.25, -0.2) is 9.59 Å². The van der Waals surface area contributed by atoms with Gasteiger partial charge in [-0.1, -0.05) is 11.6 Å². The van der Waals surface area contributed by atoms with Crippen molar-refractivity contribution in [3.05, 3.63) is 28.8 Å². The van der Waals surface area contributed by atoms with Crippen LogP contribution < -0.4 is 5.32 Å². The van der Waals surface area contributed by atoms with Crippen LogP contribution in [0.2, 0.25) is 5.02 Å². The number of carbonyl (C=O) groups excluding carboxylic acids is 1. The Hall–Kier alpha value is -2.26. The second-order valence-corrected chi connectivity index (χ2v) is 5.03. The number of nitrogens with zero attached hydrogens (tertiary/aromatic N) is 2. The first-order valence-electron chi connectivity index (χ1n) is 6.34. The lowest BCUT2D eigenvalue weighted by Crippen LogP contribution is -2.40. The van der Waals surface area contributed by atoms with Gasteiger partial charge in [0.05, 0.1) is 23.1 Å². The summed E-state index contributed by atoms with van der Waals surface area (Å²) < 4.78 is 0. The molecule has 0 unspecified atom stereocenters. The second kappa shape index (κ2) is 7.50. The molecular weight excluding hydrogens is 294 g/mol. The molecule has 0 fully saturated rings. The van der Waals surface area contributed by atoms with Gasteiger partial charge in [0.2, 0.25) is 0 Å². The maximum atomic E-state index is 12.1. The van der Waals surface area contributed by atoms with Crippen molar-refractivity contribution in [1.29, 1.82) is 5.26 Å². The van der Waals surface area contributed by atoms with Crippen molar-refractivity contribution in [2.45, 2.75) is 26.3 Å². The molecule has 2 N–H and O–H groups in total. The van der Waals surface area contributed by atoms with Gasteiger partial charge >= 0.3 is 12.0 Å². The fraction of sp³-hybridized carbons (Fsp3) is 0.357. The van der Waals surface area contributed by atoms with E-state index in [0.29, 0.717) is 12.2 Å². The number of carboxylic acid groups (broad SMARTS) is 1. The maximum absolute atomic E-state index is 12.1. The van der Waals surface area contributed by atoms with E-state index in [1.807, 2.05) is 19.9 Å². The molecule has 0 aliphatic rings. The Morgan fingerprint density at radius 2 is 2.14 bits per heavy atom. The van der Waals surface area contributed by atoms with Gasteiger partial charge in [0.15, 0.2) is 0 Å². The minimum absolute atomic E-state index is 0.0279. The topological polar surface area (TPSA) is 93.4 Å². The minimum atomic E-state index is -1.13. The molecule has 6 nitrogen and oxygen atoms in total. The summed E-state index contributed by atoms with van der Waals surface area (Å²) in [5.74, 6) is -1.13. The van der Waals surface area contributed by atoms with Gasteiger partial charge < -0.3 is 15.3 Å². The van der Waals surface area contributed by atoms with Crippen molar-refractivity contribution in [2.75, 3.05) is 11.9 Å². The summed E-state index contributed by atoms with van der Waals surface area (Å²) in [6, 6.07) is 5.75. The molecule has 21 heavy (non-hydrogen) atoms. The molecule has 0 heterocycles. The number of hydrogen-bond acceptors (Lipinski definition) is 3. The van der Waals surface area contributed by atoms with Gasteiger partial charge in [-0.05, 0) is 32.0 Å².